The Labute approximate surface area is 198 Å². The van der Waals surface area contributed by atoms with Crippen LogP contribution in [0.1, 0.15) is 18.4 Å². The standard InChI is InChI=1S/C23H19F3N4O4S/c1-27-15-2-7-19-18(12-15)14(8-11-28-19)13-29-21(32)30(20(31)22(29)9-10-22)16-3-5-17(6-4-16)35(33,34)23(24,25)26/h2-8,11-12,27H,9-10,13H2,1H3. The van der Waals surface area contributed by atoms with Gasteiger partial charge in [-0.2, -0.15) is 13.2 Å². The molecule has 1 aliphatic carbocycles. The molecule has 2 heterocycles. The number of fused-ring (bicyclic) bond motifs is 1. The van der Waals surface area contributed by atoms with Crippen molar-refractivity contribution in [2.45, 2.75) is 35.3 Å². The number of anilines is 2. The molecule has 0 atom stereocenters. The predicted octanol–water partition coefficient (Wildman–Crippen LogP) is 4.07. The number of benzene rings is 2. The summed E-state index contributed by atoms with van der Waals surface area (Å²) in [6.45, 7) is 0.133. The van der Waals surface area contributed by atoms with Gasteiger partial charge in [0.25, 0.3) is 15.7 Å². The average molecular weight is 504 g/mol. The van der Waals surface area contributed by atoms with Crippen LogP contribution in [-0.2, 0) is 21.2 Å². The van der Waals surface area contributed by atoms with Crippen molar-refractivity contribution in [2.24, 2.45) is 0 Å². The maximum absolute atomic E-state index is 13.4. The van der Waals surface area contributed by atoms with E-state index in [1.165, 1.54) is 4.90 Å². The summed E-state index contributed by atoms with van der Waals surface area (Å²) in [6.07, 6.45) is 2.54. The highest BCUT2D eigenvalue weighted by Gasteiger charge is 2.65. The van der Waals surface area contributed by atoms with E-state index >= 15 is 0 Å². The zero-order valence-electron chi connectivity index (χ0n) is 18.3. The quantitative estimate of drug-likeness (QED) is 0.526. The number of alkyl halides is 3. The molecule has 2 aliphatic rings. The van der Waals surface area contributed by atoms with Crippen molar-refractivity contribution < 1.29 is 31.2 Å². The van der Waals surface area contributed by atoms with Crippen LogP contribution in [-0.4, -0.2) is 48.3 Å². The summed E-state index contributed by atoms with van der Waals surface area (Å²) in [4.78, 5) is 32.4. The van der Waals surface area contributed by atoms with Gasteiger partial charge in [-0.25, -0.2) is 18.1 Å². The summed E-state index contributed by atoms with van der Waals surface area (Å²) >= 11 is 0. The van der Waals surface area contributed by atoms with Crippen molar-refractivity contribution in [2.75, 3.05) is 17.3 Å². The molecular weight excluding hydrogens is 485 g/mol. The van der Waals surface area contributed by atoms with E-state index in [9.17, 15) is 31.2 Å². The Hall–Kier alpha value is -3.67. The average Bonchev–Trinajstić information content (AvgIpc) is 3.60. The van der Waals surface area contributed by atoms with E-state index in [-0.39, 0.29) is 12.2 Å². The molecule has 8 nitrogen and oxygen atoms in total. The normalized spacial score (nSPS) is 17.5. The highest BCUT2D eigenvalue weighted by molar-refractivity contribution is 7.92. The third kappa shape index (κ3) is 3.51. The summed E-state index contributed by atoms with van der Waals surface area (Å²) in [6, 6.07) is 10.3. The largest absolute Gasteiger partial charge is 0.501 e. The van der Waals surface area contributed by atoms with Gasteiger partial charge in [0.2, 0.25) is 0 Å². The van der Waals surface area contributed by atoms with E-state index < -0.39 is 37.7 Å². The van der Waals surface area contributed by atoms with Crippen LogP contribution in [0.15, 0.2) is 59.6 Å². The summed E-state index contributed by atoms with van der Waals surface area (Å²) < 4.78 is 61.8. The molecule has 2 fully saturated rings. The van der Waals surface area contributed by atoms with Crippen LogP contribution in [0.2, 0.25) is 0 Å². The van der Waals surface area contributed by atoms with Gasteiger partial charge in [-0.15, -0.1) is 0 Å². The number of carbonyl (C=O) groups excluding carboxylic acids is 2. The van der Waals surface area contributed by atoms with Gasteiger partial charge in [-0.3, -0.25) is 9.78 Å². The Kier molecular flexibility index (Phi) is 5.06. The Morgan fingerprint density at radius 1 is 1.06 bits per heavy atom. The zero-order chi connectivity index (χ0) is 25.2. The third-order valence-corrected chi connectivity index (χ3v) is 7.92. The van der Waals surface area contributed by atoms with Crippen LogP contribution in [0.3, 0.4) is 0 Å². The first-order valence-corrected chi connectivity index (χ1v) is 12.1. The van der Waals surface area contributed by atoms with Crippen molar-refractivity contribution in [1.29, 1.82) is 0 Å². The summed E-state index contributed by atoms with van der Waals surface area (Å²) in [7, 11) is -3.76. The van der Waals surface area contributed by atoms with E-state index in [4.69, 9.17) is 0 Å². The molecule has 0 radical (unpaired) electrons. The molecule has 3 amide bonds. The van der Waals surface area contributed by atoms with Crippen LogP contribution in [0.5, 0.6) is 0 Å². The first kappa shape index (κ1) is 23.1. The summed E-state index contributed by atoms with van der Waals surface area (Å²) in [5, 5.41) is 3.87. The van der Waals surface area contributed by atoms with Gasteiger partial charge in [0.05, 0.1) is 16.1 Å². The molecule has 3 aromatic rings. The maximum Gasteiger partial charge on any atom is 0.501 e. The number of amides is 3. The molecular formula is C23H19F3N4O4S. The minimum absolute atomic E-state index is 0.00644. The number of aromatic nitrogens is 1. The van der Waals surface area contributed by atoms with Gasteiger partial charge in [0.1, 0.15) is 5.54 Å². The summed E-state index contributed by atoms with van der Waals surface area (Å²) in [5.74, 6) is -0.483. The second-order valence-corrected chi connectivity index (χ2v) is 10.4. The number of nitrogens with zero attached hydrogens (tertiary/aromatic N) is 3. The molecule has 1 spiro atoms. The molecule has 35 heavy (non-hydrogen) atoms. The van der Waals surface area contributed by atoms with Crippen LogP contribution in [0, 0.1) is 0 Å². The van der Waals surface area contributed by atoms with Crippen LogP contribution >= 0.6 is 0 Å². The minimum atomic E-state index is -5.54. The van der Waals surface area contributed by atoms with Crippen molar-refractivity contribution >= 4 is 44.1 Å². The SMILES string of the molecule is CNc1ccc2nccc(CN3C(=O)N(c4ccc(S(=O)(=O)C(F)(F)F)cc4)C(=O)C34CC4)c2c1. The van der Waals surface area contributed by atoms with Crippen molar-refractivity contribution in [1.82, 2.24) is 9.88 Å². The smallest absolute Gasteiger partial charge is 0.388 e. The van der Waals surface area contributed by atoms with Crippen LogP contribution in [0.4, 0.5) is 29.3 Å². The lowest BCUT2D eigenvalue weighted by Crippen LogP contribution is -2.36. The number of hydrogen-bond donors (Lipinski definition) is 1. The fourth-order valence-corrected chi connectivity index (χ4v) is 5.10. The number of pyridine rings is 1. The van der Waals surface area contributed by atoms with E-state index in [1.807, 2.05) is 18.2 Å². The molecule has 182 valence electrons. The molecule has 1 aromatic heterocycles. The number of nitrogens with one attached hydrogen (secondary N) is 1. The third-order valence-electron chi connectivity index (χ3n) is 6.42. The monoisotopic (exact) mass is 504 g/mol. The zero-order valence-corrected chi connectivity index (χ0v) is 19.2. The second-order valence-electron chi connectivity index (χ2n) is 8.44. The van der Waals surface area contributed by atoms with E-state index in [0.29, 0.717) is 12.8 Å². The topological polar surface area (TPSA) is 99.7 Å². The van der Waals surface area contributed by atoms with Gasteiger partial charge >= 0.3 is 11.5 Å². The Bertz CT molecular complexity index is 1470. The minimum Gasteiger partial charge on any atom is -0.388 e. The molecule has 1 saturated heterocycles. The molecule has 1 N–H and O–H groups in total. The number of carbonyl (C=O) groups is 2. The fourth-order valence-electron chi connectivity index (χ4n) is 4.34. The molecule has 1 aliphatic heterocycles. The van der Waals surface area contributed by atoms with E-state index in [0.717, 1.165) is 51.3 Å². The van der Waals surface area contributed by atoms with E-state index in [1.54, 1.807) is 19.3 Å². The number of urea groups is 1. The van der Waals surface area contributed by atoms with Crippen molar-refractivity contribution in [3.63, 3.8) is 0 Å². The number of rotatable bonds is 5. The molecule has 12 heteroatoms. The van der Waals surface area contributed by atoms with Crippen LogP contribution < -0.4 is 10.2 Å². The highest BCUT2D eigenvalue weighted by Crippen LogP contribution is 2.50. The first-order chi connectivity index (χ1) is 16.5. The van der Waals surface area contributed by atoms with Crippen molar-refractivity contribution in [3.8, 4) is 0 Å². The lowest BCUT2D eigenvalue weighted by Gasteiger charge is -2.22. The summed E-state index contributed by atoms with van der Waals surface area (Å²) in [5.41, 5.74) is -4.11. The molecule has 0 unspecified atom stereocenters. The Balaban J connectivity index is 1.48. The number of halogens is 3. The molecule has 0 bridgehead atoms. The fraction of sp³-hybridized carbons (Fsp3) is 0.261. The van der Waals surface area contributed by atoms with Gasteiger partial charge in [0, 0.05) is 30.9 Å². The first-order valence-electron chi connectivity index (χ1n) is 10.6. The predicted molar refractivity (Wildman–Crippen MR) is 121 cm³/mol. The lowest BCUT2D eigenvalue weighted by atomic mass is 10.1. The Morgan fingerprint density at radius 2 is 1.74 bits per heavy atom. The molecule has 1 saturated carbocycles. The Morgan fingerprint density at radius 3 is 2.34 bits per heavy atom. The number of imide groups is 1. The lowest BCUT2D eigenvalue weighted by molar-refractivity contribution is -0.120. The van der Waals surface area contributed by atoms with Crippen molar-refractivity contribution in [3.05, 3.63) is 60.3 Å². The molecule has 5 rings (SSSR count). The van der Waals surface area contributed by atoms with E-state index in [2.05, 4.69) is 10.3 Å². The van der Waals surface area contributed by atoms with Gasteiger partial charge in [-0.1, -0.05) is 0 Å². The number of hydrogen-bond acceptors (Lipinski definition) is 6. The van der Waals surface area contributed by atoms with Gasteiger partial charge < -0.3 is 10.2 Å². The van der Waals surface area contributed by atoms with Gasteiger partial charge in [0.15, 0.2) is 0 Å². The maximum atomic E-state index is 13.4. The van der Waals surface area contributed by atoms with Gasteiger partial charge in [-0.05, 0) is 66.9 Å². The second kappa shape index (κ2) is 7.67. The highest BCUT2D eigenvalue weighted by atomic mass is 32.2. The number of sulfone groups is 1. The van der Waals surface area contributed by atoms with Crippen LogP contribution in [0.25, 0.3) is 10.9 Å². The molecule has 2 aromatic carbocycles.